The summed E-state index contributed by atoms with van der Waals surface area (Å²) in [7, 11) is 1.97. The second kappa shape index (κ2) is 7.24. The molecule has 29 heavy (non-hydrogen) atoms. The number of nitrogens with two attached hydrogens (primary N) is 1. The van der Waals surface area contributed by atoms with Crippen molar-refractivity contribution >= 4 is 28.4 Å². The van der Waals surface area contributed by atoms with Gasteiger partial charge in [-0.05, 0) is 30.2 Å². The van der Waals surface area contributed by atoms with Gasteiger partial charge < -0.3 is 15.6 Å². The van der Waals surface area contributed by atoms with E-state index < -0.39 is 0 Å². The molecule has 0 fully saturated rings. The Kier molecular flexibility index (Phi) is 4.60. The molecule has 0 saturated heterocycles. The molecule has 3 N–H and O–H groups in total. The Morgan fingerprint density at radius 3 is 2.38 bits per heavy atom. The van der Waals surface area contributed by atoms with Crippen molar-refractivity contribution in [1.29, 1.82) is 0 Å². The van der Waals surface area contributed by atoms with Gasteiger partial charge in [0.2, 0.25) is 0 Å². The highest BCUT2D eigenvalue weighted by Crippen LogP contribution is 2.41. The van der Waals surface area contributed by atoms with Crippen LogP contribution in [-0.4, -0.2) is 20.4 Å². The smallest absolute Gasteiger partial charge is 0.250 e. The minimum absolute atomic E-state index is 0.199. The number of amides is 1. The van der Waals surface area contributed by atoms with Crippen molar-refractivity contribution < 1.29 is 4.79 Å². The van der Waals surface area contributed by atoms with E-state index in [0.29, 0.717) is 17.1 Å². The first kappa shape index (κ1) is 18.4. The van der Waals surface area contributed by atoms with Crippen molar-refractivity contribution in [3.63, 3.8) is 0 Å². The van der Waals surface area contributed by atoms with Crippen LogP contribution >= 0.6 is 0 Å². The third-order valence-electron chi connectivity index (χ3n) is 4.86. The van der Waals surface area contributed by atoms with Gasteiger partial charge >= 0.3 is 0 Å². The summed E-state index contributed by atoms with van der Waals surface area (Å²) in [6.07, 6.45) is 1.48. The van der Waals surface area contributed by atoms with Gasteiger partial charge in [0, 0.05) is 23.9 Å². The van der Waals surface area contributed by atoms with Gasteiger partial charge in [-0.3, -0.25) is 4.79 Å². The van der Waals surface area contributed by atoms with Crippen molar-refractivity contribution in [2.45, 2.75) is 6.92 Å². The number of aryl methyl sites for hydroxylation is 1. The lowest BCUT2D eigenvalue weighted by Gasteiger charge is -2.10. The number of nitrogens with zero attached hydrogens (tertiary/aromatic N) is 3. The van der Waals surface area contributed by atoms with Gasteiger partial charge in [-0.1, -0.05) is 49.0 Å². The number of carbonyl (C=O) groups is 1. The molecule has 4 rings (SSSR count). The maximum atomic E-state index is 11.9. The normalized spacial score (nSPS) is 10.8. The van der Waals surface area contributed by atoms with Gasteiger partial charge in [-0.2, -0.15) is 0 Å². The van der Waals surface area contributed by atoms with Gasteiger partial charge in [0.1, 0.15) is 17.8 Å². The van der Waals surface area contributed by atoms with Gasteiger partial charge in [-0.25, -0.2) is 9.97 Å². The third-order valence-corrected chi connectivity index (χ3v) is 4.86. The van der Waals surface area contributed by atoms with E-state index >= 15 is 0 Å². The lowest BCUT2D eigenvalue weighted by atomic mass is 9.99. The average molecular weight is 383 g/mol. The van der Waals surface area contributed by atoms with Crippen LogP contribution in [0.5, 0.6) is 0 Å². The third kappa shape index (κ3) is 3.25. The number of aromatic nitrogens is 3. The number of rotatable bonds is 4. The zero-order chi connectivity index (χ0) is 20.5. The van der Waals surface area contributed by atoms with Crippen molar-refractivity contribution in [3.8, 4) is 22.4 Å². The molecule has 2 aromatic carbocycles. The van der Waals surface area contributed by atoms with Crippen molar-refractivity contribution in [3.05, 3.63) is 73.1 Å². The summed E-state index contributed by atoms with van der Waals surface area (Å²) in [4.78, 5) is 20.5. The van der Waals surface area contributed by atoms with Crippen LogP contribution in [0, 0.1) is 0 Å². The Morgan fingerprint density at radius 1 is 1.03 bits per heavy atom. The van der Waals surface area contributed by atoms with Crippen LogP contribution < -0.4 is 11.1 Å². The Morgan fingerprint density at radius 2 is 1.72 bits per heavy atom. The van der Waals surface area contributed by atoms with Crippen molar-refractivity contribution in [1.82, 2.24) is 14.5 Å². The molecule has 6 nitrogen and oxygen atoms in total. The van der Waals surface area contributed by atoms with Gasteiger partial charge in [0.25, 0.3) is 5.91 Å². The lowest BCUT2D eigenvalue weighted by molar-refractivity contribution is -0.112. The molecular formula is C23H21N5O. The Hall–Kier alpha value is -3.93. The van der Waals surface area contributed by atoms with Crippen LogP contribution in [0.3, 0.4) is 0 Å². The molecule has 0 saturated carbocycles. The molecule has 0 aliphatic heterocycles. The van der Waals surface area contributed by atoms with Gasteiger partial charge in [0.15, 0.2) is 0 Å². The molecule has 0 bridgehead atoms. The van der Waals surface area contributed by atoms with Gasteiger partial charge in [-0.15, -0.1) is 0 Å². The highest BCUT2D eigenvalue weighted by Gasteiger charge is 2.21. The van der Waals surface area contributed by atoms with Crippen molar-refractivity contribution in [2.24, 2.45) is 7.05 Å². The number of nitrogens with one attached hydrogen (secondary N) is 1. The molecule has 0 unspecified atom stereocenters. The standard InChI is InChI=1S/C23H21N5O/c1-14(2)23(29)27-17-11-9-16(10-12-17)20-18(15-7-5-4-6-8-15)19-21(24)25-13-26-22(19)28(20)3/h4-13H,1H2,2-3H3,(H,27,29)(H2,24,25,26). The van der Waals surface area contributed by atoms with E-state index in [1.54, 1.807) is 6.92 Å². The predicted octanol–water partition coefficient (Wildman–Crippen LogP) is 4.40. The molecule has 2 aromatic heterocycles. The second-order valence-electron chi connectivity index (χ2n) is 6.92. The number of fused-ring (bicyclic) bond motifs is 1. The summed E-state index contributed by atoms with van der Waals surface area (Å²) < 4.78 is 2.02. The molecule has 0 aliphatic rings. The fourth-order valence-electron chi connectivity index (χ4n) is 3.45. The summed E-state index contributed by atoms with van der Waals surface area (Å²) in [5, 5.41) is 3.66. The lowest BCUT2D eigenvalue weighted by Crippen LogP contribution is -2.11. The van der Waals surface area contributed by atoms with Gasteiger partial charge in [0.05, 0.1) is 11.1 Å². The topological polar surface area (TPSA) is 85.8 Å². The Labute approximate surface area is 168 Å². The fourth-order valence-corrected chi connectivity index (χ4v) is 3.45. The Bertz CT molecular complexity index is 1220. The van der Waals surface area contributed by atoms with Crippen LogP contribution in [-0.2, 0) is 11.8 Å². The maximum absolute atomic E-state index is 11.9. The number of carbonyl (C=O) groups excluding carboxylic acids is 1. The summed E-state index contributed by atoms with van der Waals surface area (Å²) in [6, 6.07) is 17.7. The van der Waals surface area contributed by atoms with Crippen LogP contribution in [0.2, 0.25) is 0 Å². The monoisotopic (exact) mass is 383 g/mol. The van der Waals surface area contributed by atoms with E-state index in [-0.39, 0.29) is 5.91 Å². The maximum Gasteiger partial charge on any atom is 0.250 e. The molecule has 0 radical (unpaired) electrons. The average Bonchev–Trinajstić information content (AvgIpc) is 3.03. The summed E-state index contributed by atoms with van der Waals surface area (Å²) in [6.45, 7) is 5.34. The number of nitrogen functional groups attached to an aromatic ring is 1. The van der Waals surface area contributed by atoms with Crippen LogP contribution in [0.25, 0.3) is 33.4 Å². The molecule has 0 spiro atoms. The summed E-state index contributed by atoms with van der Waals surface area (Å²) in [5.74, 6) is 0.247. The van der Waals surface area contributed by atoms with Crippen LogP contribution in [0.1, 0.15) is 6.92 Å². The molecule has 144 valence electrons. The fraction of sp³-hybridized carbons (Fsp3) is 0.0870. The number of anilines is 2. The van der Waals surface area contributed by atoms with Crippen LogP contribution in [0.4, 0.5) is 11.5 Å². The highest BCUT2D eigenvalue weighted by molar-refractivity contribution is 6.08. The number of hydrogen-bond donors (Lipinski definition) is 2. The van der Waals surface area contributed by atoms with E-state index in [1.165, 1.54) is 6.33 Å². The quantitative estimate of drug-likeness (QED) is 0.512. The van der Waals surface area contributed by atoms with Crippen molar-refractivity contribution in [2.75, 3.05) is 11.1 Å². The van der Waals surface area contributed by atoms with Crippen LogP contribution in [0.15, 0.2) is 73.1 Å². The minimum atomic E-state index is -0.199. The largest absolute Gasteiger partial charge is 0.383 e. The number of hydrogen-bond acceptors (Lipinski definition) is 4. The van der Waals surface area contributed by atoms with E-state index in [1.807, 2.05) is 66.2 Å². The first-order valence-electron chi connectivity index (χ1n) is 9.19. The first-order chi connectivity index (χ1) is 14.0. The predicted molar refractivity (Wildman–Crippen MR) is 117 cm³/mol. The molecule has 6 heteroatoms. The first-order valence-corrected chi connectivity index (χ1v) is 9.19. The summed E-state index contributed by atoms with van der Waals surface area (Å²) in [5.41, 5.74) is 12.2. The highest BCUT2D eigenvalue weighted by atomic mass is 16.1. The van der Waals surface area contributed by atoms with E-state index in [2.05, 4.69) is 21.9 Å². The minimum Gasteiger partial charge on any atom is -0.383 e. The van der Waals surface area contributed by atoms with E-state index in [0.717, 1.165) is 33.4 Å². The second-order valence-corrected chi connectivity index (χ2v) is 6.92. The SMILES string of the molecule is C=C(C)C(=O)Nc1ccc(-c2c(-c3ccccc3)c3c(N)ncnc3n2C)cc1. The molecule has 1 amide bonds. The number of benzene rings is 2. The van der Waals surface area contributed by atoms with E-state index in [9.17, 15) is 4.79 Å². The molecule has 0 aliphatic carbocycles. The molecule has 4 aromatic rings. The Balaban J connectivity index is 1.90. The zero-order valence-electron chi connectivity index (χ0n) is 16.3. The molecular weight excluding hydrogens is 362 g/mol. The molecule has 0 atom stereocenters. The zero-order valence-corrected chi connectivity index (χ0v) is 16.3. The molecule has 2 heterocycles. The van der Waals surface area contributed by atoms with E-state index in [4.69, 9.17) is 5.73 Å². The summed E-state index contributed by atoms with van der Waals surface area (Å²) >= 11 is 0.